The molecule has 0 aliphatic heterocycles. The van der Waals surface area contributed by atoms with Gasteiger partial charge in [0.25, 0.3) is 10.2 Å². The maximum absolute atomic E-state index is 13.0. The molecule has 0 aromatic heterocycles. The van der Waals surface area contributed by atoms with Gasteiger partial charge in [0, 0.05) is 5.54 Å². The molecule has 1 aromatic carbocycles. The quantitative estimate of drug-likeness (QED) is 0.784. The summed E-state index contributed by atoms with van der Waals surface area (Å²) in [7, 11) is -3.95. The van der Waals surface area contributed by atoms with Gasteiger partial charge >= 0.3 is 5.97 Å². The first kappa shape index (κ1) is 15.4. The van der Waals surface area contributed by atoms with E-state index in [9.17, 15) is 17.6 Å². The van der Waals surface area contributed by atoms with Gasteiger partial charge < -0.3 is 5.11 Å². The highest BCUT2D eigenvalue weighted by atomic mass is 32.2. The normalized spacial score (nSPS) is 12.2. The van der Waals surface area contributed by atoms with Gasteiger partial charge in [-0.2, -0.15) is 13.1 Å². The average Bonchev–Trinajstić information content (AvgIpc) is 2.16. The van der Waals surface area contributed by atoms with E-state index in [1.807, 2.05) is 0 Å². The Bertz CT molecular complexity index is 593. The number of carbonyl (C=O) groups is 1. The van der Waals surface area contributed by atoms with Gasteiger partial charge in [-0.15, -0.1) is 0 Å². The molecule has 0 aliphatic rings. The predicted octanol–water partition coefficient (Wildman–Crippen LogP) is 1.57. The van der Waals surface area contributed by atoms with E-state index in [2.05, 4.69) is 9.44 Å². The fourth-order valence-electron chi connectivity index (χ4n) is 1.36. The zero-order valence-electron chi connectivity index (χ0n) is 10.7. The molecular weight excluding hydrogens is 275 g/mol. The SMILES string of the molecule is CC(C)(C)NS(=O)(=O)Nc1ccc(F)cc1C(=O)O. The van der Waals surface area contributed by atoms with Gasteiger partial charge in [-0.3, -0.25) is 4.72 Å². The van der Waals surface area contributed by atoms with Crippen LogP contribution in [0.25, 0.3) is 0 Å². The topological polar surface area (TPSA) is 95.5 Å². The second kappa shape index (κ2) is 5.14. The van der Waals surface area contributed by atoms with Gasteiger partial charge in [-0.25, -0.2) is 9.18 Å². The summed E-state index contributed by atoms with van der Waals surface area (Å²) in [6, 6.07) is 2.78. The Morgan fingerprint density at radius 3 is 2.37 bits per heavy atom. The third kappa shape index (κ3) is 4.84. The minimum absolute atomic E-state index is 0.203. The van der Waals surface area contributed by atoms with Gasteiger partial charge in [0.15, 0.2) is 0 Å². The highest BCUT2D eigenvalue weighted by Crippen LogP contribution is 2.18. The molecule has 1 rings (SSSR count). The zero-order chi connectivity index (χ0) is 14.8. The molecule has 0 radical (unpaired) electrons. The average molecular weight is 290 g/mol. The number of rotatable bonds is 4. The van der Waals surface area contributed by atoms with E-state index in [-0.39, 0.29) is 5.69 Å². The summed E-state index contributed by atoms with van der Waals surface area (Å²) in [5, 5.41) is 8.90. The number of carboxylic acids is 1. The van der Waals surface area contributed by atoms with Crippen LogP contribution >= 0.6 is 0 Å². The summed E-state index contributed by atoms with van der Waals surface area (Å²) in [6.07, 6.45) is 0. The molecule has 0 amide bonds. The number of hydrogen-bond donors (Lipinski definition) is 3. The number of carboxylic acid groups (broad SMARTS) is 1. The summed E-state index contributed by atoms with van der Waals surface area (Å²) in [6.45, 7) is 4.90. The predicted molar refractivity (Wildman–Crippen MR) is 68.8 cm³/mol. The maximum Gasteiger partial charge on any atom is 0.337 e. The van der Waals surface area contributed by atoms with Crippen LogP contribution in [0.5, 0.6) is 0 Å². The van der Waals surface area contributed by atoms with Crippen LogP contribution in [-0.4, -0.2) is 25.0 Å². The third-order valence-corrected chi connectivity index (χ3v) is 3.27. The van der Waals surface area contributed by atoms with Crippen LogP contribution in [0.1, 0.15) is 31.1 Å². The van der Waals surface area contributed by atoms with Crippen molar-refractivity contribution in [3.8, 4) is 0 Å². The number of anilines is 1. The van der Waals surface area contributed by atoms with E-state index in [1.165, 1.54) is 0 Å². The molecule has 0 saturated heterocycles. The lowest BCUT2D eigenvalue weighted by Crippen LogP contribution is -2.43. The second-order valence-corrected chi connectivity index (χ2v) is 6.37. The Morgan fingerprint density at radius 2 is 1.89 bits per heavy atom. The van der Waals surface area contributed by atoms with Gasteiger partial charge in [0.1, 0.15) is 5.82 Å². The van der Waals surface area contributed by atoms with Gasteiger partial charge in [0.05, 0.1) is 11.3 Å². The van der Waals surface area contributed by atoms with E-state index >= 15 is 0 Å². The van der Waals surface area contributed by atoms with Crippen LogP contribution in [0, 0.1) is 5.82 Å². The summed E-state index contributed by atoms with van der Waals surface area (Å²) in [5.74, 6) is -2.18. The molecule has 0 bridgehead atoms. The van der Waals surface area contributed by atoms with E-state index in [4.69, 9.17) is 5.11 Å². The van der Waals surface area contributed by atoms with Crippen molar-refractivity contribution in [2.75, 3.05) is 4.72 Å². The van der Waals surface area contributed by atoms with Gasteiger partial charge in [0.2, 0.25) is 0 Å². The number of halogens is 1. The van der Waals surface area contributed by atoms with E-state index in [1.54, 1.807) is 20.8 Å². The van der Waals surface area contributed by atoms with Crippen molar-refractivity contribution in [2.24, 2.45) is 0 Å². The molecular formula is C11H15FN2O4S. The lowest BCUT2D eigenvalue weighted by Gasteiger charge is -2.21. The molecule has 0 fully saturated rings. The molecule has 0 atom stereocenters. The van der Waals surface area contributed by atoms with Gasteiger partial charge in [-0.1, -0.05) is 0 Å². The Morgan fingerprint density at radius 1 is 1.32 bits per heavy atom. The first-order valence-electron chi connectivity index (χ1n) is 5.35. The molecule has 6 nitrogen and oxygen atoms in total. The number of hydrogen-bond acceptors (Lipinski definition) is 3. The van der Waals surface area contributed by atoms with E-state index < -0.39 is 33.1 Å². The highest BCUT2D eigenvalue weighted by molar-refractivity contribution is 7.90. The smallest absolute Gasteiger partial charge is 0.337 e. The number of nitrogens with one attached hydrogen (secondary N) is 2. The summed E-state index contributed by atoms with van der Waals surface area (Å²) in [5.41, 5.74) is -1.39. The number of benzene rings is 1. The molecule has 0 unspecified atom stereocenters. The minimum Gasteiger partial charge on any atom is -0.478 e. The molecule has 3 N–H and O–H groups in total. The largest absolute Gasteiger partial charge is 0.478 e. The van der Waals surface area contributed by atoms with E-state index in [0.29, 0.717) is 0 Å². The fraction of sp³-hybridized carbons (Fsp3) is 0.364. The molecule has 8 heteroatoms. The van der Waals surface area contributed by atoms with Crippen molar-refractivity contribution in [3.05, 3.63) is 29.6 Å². The van der Waals surface area contributed by atoms with Crippen molar-refractivity contribution >= 4 is 21.9 Å². The Hall–Kier alpha value is -1.67. The zero-order valence-corrected chi connectivity index (χ0v) is 11.5. The molecule has 1 aromatic rings. The third-order valence-electron chi connectivity index (χ3n) is 1.90. The van der Waals surface area contributed by atoms with Crippen molar-refractivity contribution < 1.29 is 22.7 Å². The summed E-state index contributed by atoms with van der Waals surface area (Å²) >= 11 is 0. The standard InChI is InChI=1S/C11H15FN2O4S/c1-11(2,3)14-19(17,18)13-9-5-4-7(12)6-8(9)10(15)16/h4-6,13-14H,1-3H3,(H,15,16). The lowest BCUT2D eigenvalue weighted by atomic mass is 10.1. The summed E-state index contributed by atoms with van der Waals surface area (Å²) < 4.78 is 40.9. The van der Waals surface area contributed by atoms with Crippen LogP contribution in [0.4, 0.5) is 10.1 Å². The van der Waals surface area contributed by atoms with E-state index in [0.717, 1.165) is 18.2 Å². The van der Waals surface area contributed by atoms with Crippen LogP contribution in [0.3, 0.4) is 0 Å². The van der Waals surface area contributed by atoms with Crippen molar-refractivity contribution in [2.45, 2.75) is 26.3 Å². The first-order chi connectivity index (χ1) is 8.50. The van der Waals surface area contributed by atoms with Crippen molar-refractivity contribution in [3.63, 3.8) is 0 Å². The lowest BCUT2D eigenvalue weighted by molar-refractivity contribution is 0.0697. The van der Waals surface area contributed by atoms with Crippen LogP contribution in [0.2, 0.25) is 0 Å². The molecule has 0 spiro atoms. The van der Waals surface area contributed by atoms with Crippen LogP contribution in [-0.2, 0) is 10.2 Å². The molecule has 106 valence electrons. The molecule has 0 saturated carbocycles. The highest BCUT2D eigenvalue weighted by Gasteiger charge is 2.22. The Kier molecular flexibility index (Phi) is 4.16. The summed E-state index contributed by atoms with van der Waals surface area (Å²) in [4.78, 5) is 10.9. The Balaban J connectivity index is 3.10. The molecule has 0 aliphatic carbocycles. The monoisotopic (exact) mass is 290 g/mol. The maximum atomic E-state index is 13.0. The molecule has 0 heterocycles. The van der Waals surface area contributed by atoms with Gasteiger partial charge in [-0.05, 0) is 39.0 Å². The minimum atomic E-state index is -3.95. The second-order valence-electron chi connectivity index (χ2n) is 4.95. The van der Waals surface area contributed by atoms with Crippen LogP contribution < -0.4 is 9.44 Å². The van der Waals surface area contributed by atoms with Crippen LogP contribution in [0.15, 0.2) is 18.2 Å². The van der Waals surface area contributed by atoms with Crippen molar-refractivity contribution in [1.82, 2.24) is 4.72 Å². The van der Waals surface area contributed by atoms with Crippen molar-refractivity contribution in [1.29, 1.82) is 0 Å². The first-order valence-corrected chi connectivity index (χ1v) is 6.83. The Labute approximate surface area is 110 Å². The molecule has 19 heavy (non-hydrogen) atoms. The fourth-order valence-corrected chi connectivity index (χ4v) is 2.68. The number of aromatic carboxylic acids is 1.